The highest BCUT2D eigenvalue weighted by atomic mass is 19.3. The molecule has 210 valence electrons. The van der Waals surface area contributed by atoms with Gasteiger partial charge in [0.1, 0.15) is 11.6 Å². The zero-order valence-corrected chi connectivity index (χ0v) is 22.5. The van der Waals surface area contributed by atoms with E-state index >= 15 is 0 Å². The highest BCUT2D eigenvalue weighted by Crippen LogP contribution is 2.31. The maximum Gasteiger partial charge on any atom is 0.296 e. The van der Waals surface area contributed by atoms with Gasteiger partial charge in [0.15, 0.2) is 5.82 Å². The number of ether oxygens (including phenoxy) is 2. The van der Waals surface area contributed by atoms with E-state index in [0.717, 1.165) is 51.3 Å². The molecule has 6 rings (SSSR count). The number of morpholine rings is 2. The zero-order chi connectivity index (χ0) is 26.8. The second-order valence-corrected chi connectivity index (χ2v) is 10.8. The number of alkyl halides is 2. The summed E-state index contributed by atoms with van der Waals surface area (Å²) < 4.78 is 40.9. The molecule has 0 spiro atoms. The van der Waals surface area contributed by atoms with E-state index in [1.807, 2.05) is 25.1 Å². The first-order valence-corrected chi connectivity index (χ1v) is 14.1. The Balaban J connectivity index is 1.25. The number of hydrogen-bond donors (Lipinski definition) is 1. The largest absolute Gasteiger partial charge is 0.379 e. The lowest BCUT2D eigenvalue weighted by molar-refractivity contribution is 0.00539. The average molecular weight is 542 g/mol. The van der Waals surface area contributed by atoms with E-state index in [2.05, 4.69) is 20.1 Å². The van der Waals surface area contributed by atoms with Crippen molar-refractivity contribution in [1.29, 1.82) is 0 Å². The molecule has 4 heterocycles. The Morgan fingerprint density at radius 1 is 0.897 bits per heavy atom. The second-order valence-electron chi connectivity index (χ2n) is 10.8. The molecular formula is C28H37F2N7O2. The van der Waals surface area contributed by atoms with Crippen LogP contribution < -0.4 is 10.2 Å². The fourth-order valence-corrected chi connectivity index (χ4v) is 6.06. The van der Waals surface area contributed by atoms with Gasteiger partial charge in [-0.05, 0) is 56.2 Å². The van der Waals surface area contributed by atoms with Gasteiger partial charge in [0.25, 0.3) is 6.43 Å². The van der Waals surface area contributed by atoms with E-state index in [0.29, 0.717) is 66.9 Å². The van der Waals surface area contributed by atoms with Crippen LogP contribution in [0.3, 0.4) is 0 Å². The Morgan fingerprint density at radius 2 is 1.59 bits per heavy atom. The second kappa shape index (κ2) is 11.7. The third-order valence-corrected chi connectivity index (χ3v) is 8.22. The van der Waals surface area contributed by atoms with Crippen LogP contribution in [0.4, 0.5) is 20.5 Å². The van der Waals surface area contributed by atoms with Gasteiger partial charge >= 0.3 is 0 Å². The van der Waals surface area contributed by atoms with Gasteiger partial charge in [0.05, 0.1) is 37.5 Å². The minimum absolute atomic E-state index is 0.311. The molecule has 1 saturated carbocycles. The van der Waals surface area contributed by atoms with E-state index < -0.39 is 6.43 Å². The molecule has 0 unspecified atom stereocenters. The first-order valence-electron chi connectivity index (χ1n) is 14.1. The minimum Gasteiger partial charge on any atom is -0.379 e. The molecule has 1 aliphatic carbocycles. The third kappa shape index (κ3) is 5.85. The van der Waals surface area contributed by atoms with Crippen molar-refractivity contribution in [1.82, 2.24) is 24.4 Å². The Bertz CT molecular complexity index is 1270. The van der Waals surface area contributed by atoms with Crippen LogP contribution in [0.25, 0.3) is 16.9 Å². The number of anilines is 2. The Morgan fingerprint density at radius 3 is 2.31 bits per heavy atom. The normalized spacial score (nSPS) is 23.0. The van der Waals surface area contributed by atoms with Crippen LogP contribution in [0.15, 0.2) is 24.3 Å². The maximum atomic E-state index is 14.2. The smallest absolute Gasteiger partial charge is 0.296 e. The fourth-order valence-electron chi connectivity index (χ4n) is 6.06. The van der Waals surface area contributed by atoms with Crippen molar-refractivity contribution in [2.24, 2.45) is 5.92 Å². The van der Waals surface area contributed by atoms with E-state index in [1.54, 1.807) is 6.07 Å². The molecule has 39 heavy (non-hydrogen) atoms. The van der Waals surface area contributed by atoms with Gasteiger partial charge in [-0.25, -0.2) is 13.8 Å². The van der Waals surface area contributed by atoms with E-state index in [1.165, 1.54) is 17.4 Å². The lowest BCUT2D eigenvalue weighted by Crippen LogP contribution is -2.45. The van der Waals surface area contributed by atoms with Crippen molar-refractivity contribution in [2.45, 2.75) is 45.1 Å². The van der Waals surface area contributed by atoms with Crippen molar-refractivity contribution in [3.05, 3.63) is 35.7 Å². The van der Waals surface area contributed by atoms with Crippen LogP contribution in [0.5, 0.6) is 0 Å². The standard InChI is InChI=1S/C28H37F2N7O2/c1-19-2-7-23-22(16-19)32-27(26(29)30)37(23)25-17-24(36-10-14-39-15-11-36)33-28(34-25)31-18-20-3-5-21(6-4-20)35-8-12-38-13-9-35/h2,7,16-17,20-21,26H,3-6,8-15,18H2,1H3,(H,31,33,34)/t20-,21-. The number of fused-ring (bicyclic) bond motifs is 1. The van der Waals surface area contributed by atoms with Crippen molar-refractivity contribution >= 4 is 22.8 Å². The molecule has 0 radical (unpaired) electrons. The van der Waals surface area contributed by atoms with Gasteiger partial charge in [-0.3, -0.25) is 9.47 Å². The van der Waals surface area contributed by atoms with Crippen LogP contribution in [0, 0.1) is 12.8 Å². The Labute approximate surface area is 227 Å². The van der Waals surface area contributed by atoms with Crippen molar-refractivity contribution in [2.75, 3.05) is 69.4 Å². The van der Waals surface area contributed by atoms with Crippen LogP contribution in [-0.2, 0) is 9.47 Å². The SMILES string of the molecule is Cc1ccc2c(c1)nc(C(F)F)n2-c1cc(N2CCOCC2)nc(NC[C@H]2CC[C@H](N3CCOCC3)CC2)n1. The number of nitrogens with one attached hydrogen (secondary N) is 1. The number of halogens is 2. The van der Waals surface area contributed by atoms with E-state index in [9.17, 15) is 8.78 Å². The van der Waals surface area contributed by atoms with Crippen molar-refractivity contribution < 1.29 is 18.3 Å². The summed E-state index contributed by atoms with van der Waals surface area (Å²) in [6.07, 6.45) is 1.92. The molecule has 2 aliphatic heterocycles. The summed E-state index contributed by atoms with van der Waals surface area (Å²) >= 11 is 0. The number of aryl methyl sites for hydroxylation is 1. The molecule has 1 N–H and O–H groups in total. The molecule has 2 aromatic heterocycles. The summed E-state index contributed by atoms with van der Waals surface area (Å²) in [7, 11) is 0. The molecule has 0 amide bonds. The van der Waals surface area contributed by atoms with Crippen molar-refractivity contribution in [3.8, 4) is 5.82 Å². The van der Waals surface area contributed by atoms with E-state index in [4.69, 9.17) is 19.4 Å². The first-order chi connectivity index (χ1) is 19.0. The lowest BCUT2D eigenvalue weighted by Gasteiger charge is -2.38. The van der Waals surface area contributed by atoms with Crippen molar-refractivity contribution in [3.63, 3.8) is 0 Å². The number of hydrogen-bond acceptors (Lipinski definition) is 8. The summed E-state index contributed by atoms with van der Waals surface area (Å²) in [6.45, 7) is 8.99. The summed E-state index contributed by atoms with van der Waals surface area (Å²) in [5, 5.41) is 3.46. The molecule has 1 aromatic carbocycles. The Kier molecular flexibility index (Phi) is 7.90. The Hall–Kier alpha value is -2.89. The summed E-state index contributed by atoms with van der Waals surface area (Å²) in [4.78, 5) is 18.5. The molecule has 3 aliphatic rings. The first kappa shape index (κ1) is 26.3. The number of aromatic nitrogens is 4. The van der Waals surface area contributed by atoms with Gasteiger partial charge in [-0.1, -0.05) is 6.07 Å². The highest BCUT2D eigenvalue weighted by Gasteiger charge is 2.28. The summed E-state index contributed by atoms with van der Waals surface area (Å²) in [5.74, 6) is 1.77. The van der Waals surface area contributed by atoms with Gasteiger partial charge in [-0.15, -0.1) is 0 Å². The molecule has 3 aromatic rings. The molecule has 0 atom stereocenters. The lowest BCUT2D eigenvalue weighted by atomic mass is 9.85. The molecular weight excluding hydrogens is 504 g/mol. The molecule has 11 heteroatoms. The predicted octanol–water partition coefficient (Wildman–Crippen LogP) is 4.20. The maximum absolute atomic E-state index is 14.2. The zero-order valence-electron chi connectivity index (χ0n) is 22.5. The van der Waals surface area contributed by atoms with Gasteiger partial charge in [0.2, 0.25) is 5.95 Å². The van der Waals surface area contributed by atoms with Gasteiger partial charge in [-0.2, -0.15) is 9.97 Å². The number of benzene rings is 1. The monoisotopic (exact) mass is 541 g/mol. The topological polar surface area (TPSA) is 80.6 Å². The van der Waals surface area contributed by atoms with Crippen LogP contribution in [0.1, 0.15) is 43.5 Å². The molecule has 0 bridgehead atoms. The van der Waals surface area contributed by atoms with Gasteiger partial charge in [0, 0.05) is 44.8 Å². The summed E-state index contributed by atoms with van der Waals surface area (Å²) in [5.41, 5.74) is 2.11. The van der Waals surface area contributed by atoms with Crippen LogP contribution in [0.2, 0.25) is 0 Å². The molecule has 3 fully saturated rings. The average Bonchev–Trinajstić information content (AvgIpc) is 3.36. The minimum atomic E-state index is -2.74. The van der Waals surface area contributed by atoms with Gasteiger partial charge < -0.3 is 19.7 Å². The molecule has 9 nitrogen and oxygen atoms in total. The predicted molar refractivity (Wildman–Crippen MR) is 146 cm³/mol. The van der Waals surface area contributed by atoms with Crippen LogP contribution in [-0.4, -0.2) is 89.6 Å². The fraction of sp³-hybridized carbons (Fsp3) is 0.607. The number of nitrogens with zero attached hydrogens (tertiary/aromatic N) is 6. The quantitative estimate of drug-likeness (QED) is 0.477. The van der Waals surface area contributed by atoms with E-state index in [-0.39, 0.29) is 5.82 Å². The highest BCUT2D eigenvalue weighted by molar-refractivity contribution is 5.79. The third-order valence-electron chi connectivity index (χ3n) is 8.22. The molecule has 2 saturated heterocycles. The number of imidazole rings is 1. The summed E-state index contributed by atoms with van der Waals surface area (Å²) in [6, 6.07) is 8.00. The van der Waals surface area contributed by atoms with Crippen LogP contribution >= 0.6 is 0 Å². The number of rotatable bonds is 7.